The monoisotopic (exact) mass is 222 g/mol. The summed E-state index contributed by atoms with van der Waals surface area (Å²) in [4.78, 5) is 17.7. The standard InChI is InChI=1S/C12H18N2O2/c1-4-14(5-2)10(3)16-12(15)11-7-6-8-13-9-11/h6-10H,4-5H2,1-3H3. The van der Waals surface area contributed by atoms with Crippen LogP contribution in [0.2, 0.25) is 0 Å². The number of ether oxygens (including phenoxy) is 1. The molecule has 1 unspecified atom stereocenters. The number of esters is 1. The van der Waals surface area contributed by atoms with Gasteiger partial charge < -0.3 is 4.74 Å². The predicted molar refractivity (Wildman–Crippen MR) is 62.0 cm³/mol. The molecule has 0 bridgehead atoms. The van der Waals surface area contributed by atoms with Gasteiger partial charge in [0.1, 0.15) is 0 Å². The van der Waals surface area contributed by atoms with E-state index < -0.39 is 0 Å². The molecule has 1 aromatic heterocycles. The van der Waals surface area contributed by atoms with Crippen molar-refractivity contribution in [2.45, 2.75) is 27.0 Å². The lowest BCUT2D eigenvalue weighted by atomic mass is 10.3. The normalized spacial score (nSPS) is 12.5. The van der Waals surface area contributed by atoms with Crippen LogP contribution < -0.4 is 0 Å². The highest BCUT2D eigenvalue weighted by Crippen LogP contribution is 2.05. The van der Waals surface area contributed by atoms with Gasteiger partial charge in [-0.1, -0.05) is 13.8 Å². The van der Waals surface area contributed by atoms with Crippen molar-refractivity contribution in [1.29, 1.82) is 0 Å². The summed E-state index contributed by atoms with van der Waals surface area (Å²) in [5.41, 5.74) is 0.488. The van der Waals surface area contributed by atoms with Crippen molar-refractivity contribution in [1.82, 2.24) is 9.88 Å². The lowest BCUT2D eigenvalue weighted by Crippen LogP contribution is -2.36. The molecular weight excluding hydrogens is 204 g/mol. The second-order valence-electron chi connectivity index (χ2n) is 3.47. The zero-order valence-corrected chi connectivity index (χ0v) is 10.0. The minimum absolute atomic E-state index is 0.206. The number of hydrogen-bond acceptors (Lipinski definition) is 4. The van der Waals surface area contributed by atoms with Gasteiger partial charge in [0.2, 0.25) is 0 Å². The molecular formula is C12H18N2O2. The first-order valence-electron chi connectivity index (χ1n) is 5.54. The molecule has 1 rings (SSSR count). The van der Waals surface area contributed by atoms with E-state index >= 15 is 0 Å². The van der Waals surface area contributed by atoms with Crippen LogP contribution in [-0.2, 0) is 4.74 Å². The van der Waals surface area contributed by atoms with Gasteiger partial charge in [0.05, 0.1) is 5.56 Å². The maximum absolute atomic E-state index is 11.7. The van der Waals surface area contributed by atoms with E-state index in [2.05, 4.69) is 9.88 Å². The first-order valence-corrected chi connectivity index (χ1v) is 5.54. The molecule has 0 amide bonds. The first kappa shape index (κ1) is 12.6. The Labute approximate surface area is 96.2 Å². The fourth-order valence-corrected chi connectivity index (χ4v) is 1.52. The highest BCUT2D eigenvalue weighted by molar-refractivity contribution is 5.88. The van der Waals surface area contributed by atoms with Crippen LogP contribution in [0, 0.1) is 0 Å². The summed E-state index contributed by atoms with van der Waals surface area (Å²) in [6.45, 7) is 7.67. The quantitative estimate of drug-likeness (QED) is 0.564. The number of rotatable bonds is 5. The SMILES string of the molecule is CCN(CC)C(C)OC(=O)c1cccnc1. The lowest BCUT2D eigenvalue weighted by Gasteiger charge is -2.25. The fourth-order valence-electron chi connectivity index (χ4n) is 1.52. The van der Waals surface area contributed by atoms with E-state index in [0.29, 0.717) is 5.56 Å². The molecule has 0 aliphatic rings. The van der Waals surface area contributed by atoms with E-state index in [4.69, 9.17) is 4.74 Å². The first-order chi connectivity index (χ1) is 7.69. The van der Waals surface area contributed by atoms with Crippen molar-refractivity contribution >= 4 is 5.97 Å². The van der Waals surface area contributed by atoms with Gasteiger partial charge >= 0.3 is 5.97 Å². The summed E-state index contributed by atoms with van der Waals surface area (Å²) in [6.07, 6.45) is 2.93. The van der Waals surface area contributed by atoms with Crippen molar-refractivity contribution in [3.8, 4) is 0 Å². The molecule has 1 heterocycles. The Kier molecular flexibility index (Phi) is 4.92. The second kappa shape index (κ2) is 6.23. The number of carbonyl (C=O) groups excluding carboxylic acids is 1. The molecule has 0 aliphatic heterocycles. The van der Waals surface area contributed by atoms with E-state index in [9.17, 15) is 4.79 Å². The van der Waals surface area contributed by atoms with Crippen LogP contribution in [0.4, 0.5) is 0 Å². The molecule has 16 heavy (non-hydrogen) atoms. The van der Waals surface area contributed by atoms with Crippen LogP contribution in [0.5, 0.6) is 0 Å². The number of nitrogens with zero attached hydrogens (tertiary/aromatic N) is 2. The van der Waals surface area contributed by atoms with Crippen LogP contribution in [0.3, 0.4) is 0 Å². The molecule has 88 valence electrons. The van der Waals surface area contributed by atoms with Gasteiger partial charge in [-0.25, -0.2) is 4.79 Å². The Morgan fingerprint density at radius 1 is 1.50 bits per heavy atom. The topological polar surface area (TPSA) is 42.4 Å². The van der Waals surface area contributed by atoms with Crippen LogP contribution in [0.15, 0.2) is 24.5 Å². The molecule has 0 aromatic carbocycles. The molecule has 0 spiro atoms. The summed E-state index contributed by atoms with van der Waals surface area (Å²) in [5, 5.41) is 0. The predicted octanol–water partition coefficient (Wildman–Crippen LogP) is 1.93. The van der Waals surface area contributed by atoms with Gasteiger partial charge in [0, 0.05) is 12.4 Å². The minimum Gasteiger partial charge on any atom is -0.443 e. The van der Waals surface area contributed by atoms with Crippen LogP contribution in [0.1, 0.15) is 31.1 Å². The number of aromatic nitrogens is 1. The number of hydrogen-bond donors (Lipinski definition) is 0. The van der Waals surface area contributed by atoms with E-state index in [1.54, 1.807) is 18.3 Å². The molecule has 0 N–H and O–H groups in total. The molecule has 1 aromatic rings. The third-order valence-electron chi connectivity index (χ3n) is 2.50. The number of pyridine rings is 1. The molecule has 4 heteroatoms. The largest absolute Gasteiger partial charge is 0.443 e. The Balaban J connectivity index is 2.58. The Hall–Kier alpha value is -1.42. The summed E-state index contributed by atoms with van der Waals surface area (Å²) in [7, 11) is 0. The Bertz CT molecular complexity index is 323. The highest BCUT2D eigenvalue weighted by atomic mass is 16.6. The molecule has 0 saturated carbocycles. The number of carbonyl (C=O) groups is 1. The Morgan fingerprint density at radius 2 is 2.19 bits per heavy atom. The van der Waals surface area contributed by atoms with Crippen LogP contribution in [-0.4, -0.2) is 35.2 Å². The average molecular weight is 222 g/mol. The van der Waals surface area contributed by atoms with Crippen molar-refractivity contribution in [3.63, 3.8) is 0 Å². The van der Waals surface area contributed by atoms with Crippen molar-refractivity contribution in [2.75, 3.05) is 13.1 Å². The average Bonchev–Trinajstić information content (AvgIpc) is 2.31. The summed E-state index contributed by atoms with van der Waals surface area (Å²) in [5.74, 6) is -0.326. The minimum atomic E-state index is -0.326. The smallest absolute Gasteiger partial charge is 0.341 e. The summed E-state index contributed by atoms with van der Waals surface area (Å²) in [6, 6.07) is 3.42. The van der Waals surface area contributed by atoms with Gasteiger partial charge in [-0.3, -0.25) is 9.88 Å². The van der Waals surface area contributed by atoms with E-state index in [-0.39, 0.29) is 12.2 Å². The van der Waals surface area contributed by atoms with Crippen LogP contribution >= 0.6 is 0 Å². The lowest BCUT2D eigenvalue weighted by molar-refractivity contribution is -0.0197. The molecule has 0 saturated heterocycles. The molecule has 0 aliphatic carbocycles. The van der Waals surface area contributed by atoms with E-state index in [1.165, 1.54) is 6.20 Å². The molecule has 0 fully saturated rings. The summed E-state index contributed by atoms with van der Waals surface area (Å²) >= 11 is 0. The maximum Gasteiger partial charge on any atom is 0.341 e. The zero-order valence-electron chi connectivity index (χ0n) is 10.0. The van der Waals surface area contributed by atoms with E-state index in [1.807, 2.05) is 20.8 Å². The van der Waals surface area contributed by atoms with Crippen molar-refractivity contribution < 1.29 is 9.53 Å². The summed E-state index contributed by atoms with van der Waals surface area (Å²) < 4.78 is 5.33. The van der Waals surface area contributed by atoms with Gasteiger partial charge in [-0.15, -0.1) is 0 Å². The van der Waals surface area contributed by atoms with Gasteiger partial charge in [-0.2, -0.15) is 0 Å². The zero-order chi connectivity index (χ0) is 12.0. The molecule has 0 radical (unpaired) electrons. The fraction of sp³-hybridized carbons (Fsp3) is 0.500. The Morgan fingerprint density at radius 3 is 2.69 bits per heavy atom. The van der Waals surface area contributed by atoms with Crippen molar-refractivity contribution in [3.05, 3.63) is 30.1 Å². The highest BCUT2D eigenvalue weighted by Gasteiger charge is 2.16. The van der Waals surface area contributed by atoms with Gasteiger partial charge in [0.25, 0.3) is 0 Å². The van der Waals surface area contributed by atoms with Gasteiger partial charge in [-0.05, 0) is 32.1 Å². The van der Waals surface area contributed by atoms with Crippen molar-refractivity contribution in [2.24, 2.45) is 0 Å². The second-order valence-corrected chi connectivity index (χ2v) is 3.47. The van der Waals surface area contributed by atoms with Gasteiger partial charge in [0.15, 0.2) is 6.23 Å². The maximum atomic E-state index is 11.7. The molecule has 1 atom stereocenters. The van der Waals surface area contributed by atoms with E-state index in [0.717, 1.165) is 13.1 Å². The molecule has 4 nitrogen and oxygen atoms in total. The third kappa shape index (κ3) is 3.31. The van der Waals surface area contributed by atoms with Crippen LogP contribution in [0.25, 0.3) is 0 Å². The third-order valence-corrected chi connectivity index (χ3v) is 2.50.